The minimum Gasteiger partial charge on any atom is -0.318 e. The topological polar surface area (TPSA) is 38.0 Å². The summed E-state index contributed by atoms with van der Waals surface area (Å²) in [6.07, 6.45) is 0. The van der Waals surface area contributed by atoms with Crippen LogP contribution in [0.3, 0.4) is 0 Å². The van der Waals surface area contributed by atoms with Gasteiger partial charge in [-0.3, -0.25) is 0 Å². The van der Waals surface area contributed by atoms with Crippen molar-refractivity contribution in [2.24, 2.45) is 0 Å². The summed E-state index contributed by atoms with van der Waals surface area (Å²) in [5.74, 6) is 0. The maximum Gasteiger partial charge on any atom is 0.220 e. The molecule has 15 aromatic rings. The standard InChI is InChI=1S/C68H38N4S2/c1-70-62-59(43-24-10-4-11-25-43)54(40-69)63(60(44-26-12-5-13-27-44)65(62)71-55-31-17-14-28-46(55)47-35-34-45(38-56(47)71)41-20-6-2-7-21-41)72-64-51(37-36-50-48-29-15-18-32-57(48)73-67(50)64)61-52(42-22-8-3-9-23-42)39-53-49-30-16-19-33-58(49)74-68(53)66(61)72/h2-39H. The fourth-order valence-corrected chi connectivity index (χ4v) is 14.3. The number of nitriles is 1. The Morgan fingerprint density at radius 3 is 1.55 bits per heavy atom. The Morgan fingerprint density at radius 2 is 0.905 bits per heavy atom. The van der Waals surface area contributed by atoms with E-state index >= 15 is 0 Å². The molecule has 0 saturated carbocycles. The van der Waals surface area contributed by atoms with Crippen LogP contribution < -0.4 is 0 Å². The van der Waals surface area contributed by atoms with Gasteiger partial charge >= 0.3 is 0 Å². The molecule has 4 aromatic heterocycles. The number of aromatic nitrogens is 2. The lowest BCUT2D eigenvalue weighted by atomic mass is 9.88. The van der Waals surface area contributed by atoms with Crippen molar-refractivity contribution in [1.29, 1.82) is 5.26 Å². The summed E-state index contributed by atoms with van der Waals surface area (Å²) >= 11 is 3.61. The third-order valence-electron chi connectivity index (χ3n) is 15.0. The number of nitrogens with zero attached hydrogens (tertiary/aromatic N) is 4. The van der Waals surface area contributed by atoms with E-state index in [0.29, 0.717) is 16.8 Å². The van der Waals surface area contributed by atoms with Crippen molar-refractivity contribution in [2.75, 3.05) is 0 Å². The van der Waals surface area contributed by atoms with Gasteiger partial charge in [0.15, 0.2) is 0 Å². The average molecular weight is 975 g/mol. The number of thiophene rings is 2. The monoisotopic (exact) mass is 974 g/mol. The van der Waals surface area contributed by atoms with Gasteiger partial charge in [-0.1, -0.05) is 200 Å². The molecule has 0 spiro atoms. The lowest BCUT2D eigenvalue weighted by Gasteiger charge is -2.26. The number of hydrogen-bond donors (Lipinski definition) is 0. The molecule has 0 aliphatic rings. The first-order valence-corrected chi connectivity index (χ1v) is 26.3. The Morgan fingerprint density at radius 1 is 0.392 bits per heavy atom. The van der Waals surface area contributed by atoms with Gasteiger partial charge in [0.25, 0.3) is 0 Å². The summed E-state index contributed by atoms with van der Waals surface area (Å²) in [6, 6.07) is 84.5. The molecule has 4 heterocycles. The second-order valence-electron chi connectivity index (χ2n) is 18.8. The van der Waals surface area contributed by atoms with Crippen LogP contribution in [0.5, 0.6) is 0 Å². The zero-order chi connectivity index (χ0) is 49.0. The molecular formula is C68H38N4S2. The van der Waals surface area contributed by atoms with Crippen molar-refractivity contribution >= 4 is 112 Å². The Bertz CT molecular complexity index is 4890. The van der Waals surface area contributed by atoms with Crippen LogP contribution in [0.25, 0.3) is 145 Å². The van der Waals surface area contributed by atoms with Gasteiger partial charge < -0.3 is 9.13 Å². The minimum atomic E-state index is 0.410. The number of hydrogen-bond acceptors (Lipinski definition) is 3. The highest BCUT2D eigenvalue weighted by molar-refractivity contribution is 7.27. The van der Waals surface area contributed by atoms with Crippen LogP contribution in [0.1, 0.15) is 5.56 Å². The molecule has 15 rings (SSSR count). The third-order valence-corrected chi connectivity index (χ3v) is 17.4. The van der Waals surface area contributed by atoms with E-state index in [-0.39, 0.29) is 0 Å². The number of rotatable bonds is 6. The number of fused-ring (bicyclic) bond motifs is 14. The molecule has 0 N–H and O–H groups in total. The first kappa shape index (κ1) is 42.2. The van der Waals surface area contributed by atoms with Gasteiger partial charge in [-0.15, -0.1) is 22.7 Å². The summed E-state index contributed by atoms with van der Waals surface area (Å²) < 4.78 is 9.46. The van der Waals surface area contributed by atoms with Crippen LogP contribution in [0.4, 0.5) is 5.69 Å². The van der Waals surface area contributed by atoms with Crippen LogP contribution in [0, 0.1) is 17.9 Å². The molecule has 0 atom stereocenters. The van der Waals surface area contributed by atoms with Crippen molar-refractivity contribution in [3.8, 4) is 62.0 Å². The molecule has 342 valence electrons. The maximum atomic E-state index is 12.3. The van der Waals surface area contributed by atoms with Crippen molar-refractivity contribution in [3.05, 3.63) is 248 Å². The molecule has 6 heteroatoms. The quantitative estimate of drug-likeness (QED) is 0.153. The summed E-state index contributed by atoms with van der Waals surface area (Å²) in [5.41, 5.74) is 13.8. The fraction of sp³-hybridized carbons (Fsp3) is 0. The maximum absolute atomic E-state index is 12.3. The number of benzene rings is 11. The van der Waals surface area contributed by atoms with Crippen LogP contribution >= 0.6 is 22.7 Å². The molecule has 0 radical (unpaired) electrons. The summed E-state index contributed by atoms with van der Waals surface area (Å²) in [4.78, 5) is 4.62. The predicted octanol–water partition coefficient (Wildman–Crippen LogP) is 19.7. The van der Waals surface area contributed by atoms with E-state index in [4.69, 9.17) is 0 Å². The smallest absolute Gasteiger partial charge is 0.220 e. The van der Waals surface area contributed by atoms with Crippen LogP contribution in [-0.2, 0) is 0 Å². The number of para-hydroxylation sites is 1. The molecule has 0 aliphatic carbocycles. The predicted molar refractivity (Wildman–Crippen MR) is 314 cm³/mol. The van der Waals surface area contributed by atoms with Gasteiger partial charge in [0, 0.05) is 63.6 Å². The lowest BCUT2D eigenvalue weighted by Crippen LogP contribution is -2.09. The summed E-state index contributed by atoms with van der Waals surface area (Å²) in [6.45, 7) is 9.47. The Labute approximate surface area is 433 Å². The summed E-state index contributed by atoms with van der Waals surface area (Å²) in [7, 11) is 0. The summed E-state index contributed by atoms with van der Waals surface area (Å²) in [5, 5.41) is 21.4. The molecule has 0 aliphatic heterocycles. The molecule has 0 amide bonds. The van der Waals surface area contributed by atoms with E-state index in [1.807, 2.05) is 42.5 Å². The average Bonchev–Trinajstić information content (AvgIpc) is 4.33. The zero-order valence-electron chi connectivity index (χ0n) is 39.5. The van der Waals surface area contributed by atoms with Crippen LogP contribution in [0.2, 0.25) is 0 Å². The Hall–Kier alpha value is -9.56. The van der Waals surface area contributed by atoms with E-state index in [1.165, 1.54) is 20.2 Å². The van der Waals surface area contributed by atoms with E-state index in [2.05, 4.69) is 208 Å². The molecule has 11 aromatic carbocycles. The van der Waals surface area contributed by atoms with E-state index in [9.17, 15) is 11.8 Å². The van der Waals surface area contributed by atoms with Gasteiger partial charge in [-0.05, 0) is 63.7 Å². The Kier molecular flexibility index (Phi) is 9.40. The normalized spacial score (nSPS) is 11.8. The lowest BCUT2D eigenvalue weighted by molar-refractivity contribution is 1.14. The third kappa shape index (κ3) is 6.05. The molecule has 0 bridgehead atoms. The van der Waals surface area contributed by atoms with Gasteiger partial charge in [0.2, 0.25) is 5.69 Å². The molecular weight excluding hydrogens is 937 g/mol. The molecule has 0 saturated heterocycles. The second kappa shape index (κ2) is 16.5. The minimum absolute atomic E-state index is 0.410. The largest absolute Gasteiger partial charge is 0.318 e. The van der Waals surface area contributed by atoms with Crippen molar-refractivity contribution in [2.45, 2.75) is 0 Å². The van der Waals surface area contributed by atoms with E-state index in [0.717, 1.165) is 114 Å². The first-order valence-electron chi connectivity index (χ1n) is 24.7. The van der Waals surface area contributed by atoms with E-state index in [1.54, 1.807) is 22.7 Å². The second-order valence-corrected chi connectivity index (χ2v) is 20.9. The van der Waals surface area contributed by atoms with Crippen molar-refractivity contribution in [1.82, 2.24) is 9.13 Å². The van der Waals surface area contributed by atoms with Crippen molar-refractivity contribution in [3.63, 3.8) is 0 Å². The molecule has 74 heavy (non-hydrogen) atoms. The van der Waals surface area contributed by atoms with Crippen molar-refractivity contribution < 1.29 is 0 Å². The van der Waals surface area contributed by atoms with Gasteiger partial charge in [0.1, 0.15) is 6.07 Å². The van der Waals surface area contributed by atoms with Crippen LogP contribution in [0.15, 0.2) is 231 Å². The van der Waals surface area contributed by atoms with Gasteiger partial charge in [-0.25, -0.2) is 4.85 Å². The highest BCUT2D eigenvalue weighted by Crippen LogP contribution is 2.56. The highest BCUT2D eigenvalue weighted by Gasteiger charge is 2.34. The highest BCUT2D eigenvalue weighted by atomic mass is 32.1. The first-order chi connectivity index (χ1) is 36.7. The Balaban J connectivity index is 1.26. The fourth-order valence-electron chi connectivity index (χ4n) is 11.9. The van der Waals surface area contributed by atoms with Gasteiger partial charge in [0.05, 0.1) is 55.0 Å². The SMILES string of the molecule is [C-]#[N+]c1c(-c2ccccc2)c(C#N)c(-n2c3c(ccc4c5ccccc5sc43)c3c(-c4ccccc4)cc4c5ccccc5sc4c32)c(-c2ccccc2)c1-n1c2ccccc2c2ccc(-c3ccccc3)cc21. The molecule has 4 nitrogen and oxygen atoms in total. The zero-order valence-corrected chi connectivity index (χ0v) is 41.2. The molecule has 0 fully saturated rings. The van der Waals surface area contributed by atoms with E-state index < -0.39 is 0 Å². The molecule has 0 unspecified atom stereocenters. The van der Waals surface area contributed by atoms with Gasteiger partial charge in [-0.2, -0.15) is 5.26 Å². The van der Waals surface area contributed by atoms with Crippen LogP contribution in [-0.4, -0.2) is 9.13 Å².